The highest BCUT2D eigenvalue weighted by Crippen LogP contribution is 2.28. The Morgan fingerprint density at radius 3 is 2.32 bits per heavy atom. The van der Waals surface area contributed by atoms with Crippen molar-refractivity contribution in [2.24, 2.45) is 0 Å². The van der Waals surface area contributed by atoms with Gasteiger partial charge in [-0.3, -0.25) is 9.78 Å². The fraction of sp³-hybridized carbons (Fsp3) is 0.444. The summed E-state index contributed by atoms with van der Waals surface area (Å²) in [5.41, 5.74) is -0.934. The van der Waals surface area contributed by atoms with Crippen LogP contribution in [0.2, 0.25) is 0 Å². The van der Waals surface area contributed by atoms with Crippen molar-refractivity contribution in [3.63, 3.8) is 0 Å². The van der Waals surface area contributed by atoms with E-state index in [0.29, 0.717) is 37.4 Å². The van der Waals surface area contributed by atoms with Crippen LogP contribution in [-0.2, 0) is 6.18 Å². The van der Waals surface area contributed by atoms with E-state index in [0.717, 1.165) is 18.3 Å². The van der Waals surface area contributed by atoms with Crippen molar-refractivity contribution in [2.45, 2.75) is 44.0 Å². The Labute approximate surface area is 159 Å². The van der Waals surface area contributed by atoms with Crippen LogP contribution in [0.1, 0.15) is 41.7 Å². The lowest BCUT2D eigenvalue weighted by Gasteiger charge is -2.29. The minimum atomic E-state index is -4.53. The molecule has 2 aromatic heterocycles. The highest BCUT2D eigenvalue weighted by atomic mass is 19.4. The summed E-state index contributed by atoms with van der Waals surface area (Å²) in [6, 6.07) is 1.84. The number of hydrogen-bond donors (Lipinski definition) is 1. The van der Waals surface area contributed by atoms with Crippen LogP contribution in [0, 0.1) is 0 Å². The minimum absolute atomic E-state index is 0.0773. The molecule has 0 aromatic carbocycles. The van der Waals surface area contributed by atoms with Crippen LogP contribution in [0.5, 0.6) is 11.8 Å². The molecule has 2 heterocycles. The van der Waals surface area contributed by atoms with Crippen molar-refractivity contribution in [1.82, 2.24) is 20.3 Å². The molecule has 7 nitrogen and oxygen atoms in total. The summed E-state index contributed by atoms with van der Waals surface area (Å²) in [6.45, 7) is 0. The molecule has 10 heteroatoms. The first-order chi connectivity index (χ1) is 13.4. The molecule has 0 unspecified atom stereocenters. The molecule has 150 valence electrons. The Bertz CT molecular complexity index is 806. The predicted octanol–water partition coefficient (Wildman–Crippen LogP) is 3.02. The number of pyridine rings is 1. The van der Waals surface area contributed by atoms with Crippen molar-refractivity contribution in [3.8, 4) is 11.8 Å². The number of halogens is 3. The second-order valence-electron chi connectivity index (χ2n) is 6.37. The Hall–Kier alpha value is -2.91. The predicted molar refractivity (Wildman–Crippen MR) is 92.0 cm³/mol. The number of ether oxygens (including phenoxy) is 2. The molecular formula is C18H19F3N4O3. The van der Waals surface area contributed by atoms with E-state index in [1.54, 1.807) is 0 Å². The zero-order valence-corrected chi connectivity index (χ0v) is 15.1. The van der Waals surface area contributed by atoms with Gasteiger partial charge >= 0.3 is 6.18 Å². The van der Waals surface area contributed by atoms with Gasteiger partial charge in [-0.1, -0.05) is 0 Å². The highest BCUT2D eigenvalue weighted by Gasteiger charge is 2.32. The molecule has 2 aromatic rings. The lowest BCUT2D eigenvalue weighted by Crippen LogP contribution is -2.39. The van der Waals surface area contributed by atoms with Crippen molar-refractivity contribution in [2.75, 3.05) is 7.11 Å². The van der Waals surface area contributed by atoms with Crippen LogP contribution >= 0.6 is 0 Å². The number of carbonyl (C=O) groups excluding carboxylic acids is 1. The van der Waals surface area contributed by atoms with E-state index in [9.17, 15) is 18.0 Å². The molecule has 0 saturated heterocycles. The van der Waals surface area contributed by atoms with E-state index >= 15 is 0 Å². The monoisotopic (exact) mass is 396 g/mol. The third kappa shape index (κ3) is 4.87. The molecule has 0 bridgehead atoms. The smallest absolute Gasteiger partial charge is 0.433 e. The summed E-state index contributed by atoms with van der Waals surface area (Å²) >= 11 is 0. The topological polar surface area (TPSA) is 86.2 Å². The zero-order chi connectivity index (χ0) is 20.1. The molecule has 0 spiro atoms. The van der Waals surface area contributed by atoms with Crippen LogP contribution in [0.15, 0.2) is 30.7 Å². The van der Waals surface area contributed by atoms with Crippen LogP contribution in [0.4, 0.5) is 13.2 Å². The molecule has 1 amide bonds. The first-order valence-corrected chi connectivity index (χ1v) is 8.72. The summed E-state index contributed by atoms with van der Waals surface area (Å²) in [5, 5.41) is 2.83. The van der Waals surface area contributed by atoms with E-state index in [1.165, 1.54) is 19.5 Å². The van der Waals surface area contributed by atoms with Crippen LogP contribution in [-0.4, -0.2) is 40.1 Å². The lowest BCUT2D eigenvalue weighted by atomic mass is 9.92. The quantitative estimate of drug-likeness (QED) is 0.836. The molecule has 1 fully saturated rings. The van der Waals surface area contributed by atoms with Gasteiger partial charge in [0.25, 0.3) is 17.7 Å². The number of rotatable bonds is 5. The van der Waals surface area contributed by atoms with Gasteiger partial charge in [-0.25, -0.2) is 9.97 Å². The SMILES string of the molecule is COc1nccnc1OC1CCC(NC(=O)c2ccc(C(F)(F)F)nc2)CC1. The molecule has 0 aliphatic heterocycles. The van der Waals surface area contributed by atoms with E-state index in [4.69, 9.17) is 9.47 Å². The Balaban J connectivity index is 1.50. The van der Waals surface area contributed by atoms with Gasteiger partial charge in [-0.05, 0) is 37.8 Å². The van der Waals surface area contributed by atoms with Gasteiger partial charge < -0.3 is 14.8 Å². The molecule has 1 N–H and O–H groups in total. The van der Waals surface area contributed by atoms with Gasteiger partial charge in [-0.2, -0.15) is 13.2 Å². The summed E-state index contributed by atoms with van der Waals surface area (Å²) in [4.78, 5) is 23.7. The number of hydrogen-bond acceptors (Lipinski definition) is 6. The second-order valence-corrected chi connectivity index (χ2v) is 6.37. The summed E-state index contributed by atoms with van der Waals surface area (Å²) in [5.74, 6) is 0.197. The highest BCUT2D eigenvalue weighted by molar-refractivity contribution is 5.94. The van der Waals surface area contributed by atoms with Crippen molar-refractivity contribution in [1.29, 1.82) is 0 Å². The second kappa shape index (κ2) is 8.41. The maximum absolute atomic E-state index is 12.5. The standard InChI is InChI=1S/C18H19F3N4O3/c1-27-16-17(23-9-8-22-16)28-13-5-3-12(4-6-13)25-15(26)11-2-7-14(24-10-11)18(19,20)21/h2,7-10,12-13H,3-6H2,1H3,(H,25,26). The first kappa shape index (κ1) is 19.8. The van der Waals surface area contributed by atoms with Crippen LogP contribution in [0.25, 0.3) is 0 Å². The number of nitrogens with one attached hydrogen (secondary N) is 1. The number of alkyl halides is 3. The fourth-order valence-corrected chi connectivity index (χ4v) is 2.98. The van der Waals surface area contributed by atoms with Crippen molar-refractivity contribution in [3.05, 3.63) is 42.0 Å². The third-order valence-electron chi connectivity index (χ3n) is 4.43. The number of aromatic nitrogens is 3. The molecular weight excluding hydrogens is 377 g/mol. The van der Waals surface area contributed by atoms with E-state index in [1.807, 2.05) is 0 Å². The number of carbonyl (C=O) groups is 1. The number of nitrogens with zero attached hydrogens (tertiary/aromatic N) is 3. The van der Waals surface area contributed by atoms with Gasteiger partial charge in [-0.15, -0.1) is 0 Å². The van der Waals surface area contributed by atoms with Gasteiger partial charge in [0.15, 0.2) is 0 Å². The number of methoxy groups -OCH3 is 1. The van der Waals surface area contributed by atoms with E-state index in [-0.39, 0.29) is 17.7 Å². The van der Waals surface area contributed by atoms with Crippen molar-refractivity contribution < 1.29 is 27.4 Å². The van der Waals surface area contributed by atoms with Gasteiger partial charge in [0, 0.05) is 24.6 Å². The summed E-state index contributed by atoms with van der Waals surface area (Å²) in [7, 11) is 1.49. The van der Waals surface area contributed by atoms with Gasteiger partial charge in [0.1, 0.15) is 11.8 Å². The summed E-state index contributed by atoms with van der Waals surface area (Å²) < 4.78 is 48.6. The normalized spacial score (nSPS) is 19.7. The Morgan fingerprint density at radius 1 is 1.07 bits per heavy atom. The maximum Gasteiger partial charge on any atom is 0.433 e. The van der Waals surface area contributed by atoms with Crippen LogP contribution < -0.4 is 14.8 Å². The molecule has 28 heavy (non-hydrogen) atoms. The third-order valence-corrected chi connectivity index (χ3v) is 4.43. The number of amides is 1. The molecule has 1 aliphatic rings. The van der Waals surface area contributed by atoms with E-state index in [2.05, 4.69) is 20.3 Å². The van der Waals surface area contributed by atoms with E-state index < -0.39 is 17.8 Å². The first-order valence-electron chi connectivity index (χ1n) is 8.72. The van der Waals surface area contributed by atoms with Gasteiger partial charge in [0.2, 0.25) is 0 Å². The lowest BCUT2D eigenvalue weighted by molar-refractivity contribution is -0.141. The van der Waals surface area contributed by atoms with Crippen molar-refractivity contribution >= 4 is 5.91 Å². The molecule has 0 radical (unpaired) electrons. The Morgan fingerprint density at radius 2 is 1.75 bits per heavy atom. The average Bonchev–Trinajstić information content (AvgIpc) is 2.69. The zero-order valence-electron chi connectivity index (χ0n) is 15.1. The van der Waals surface area contributed by atoms with Crippen LogP contribution in [0.3, 0.4) is 0 Å². The molecule has 3 rings (SSSR count). The minimum Gasteiger partial charge on any atom is -0.477 e. The summed E-state index contributed by atoms with van der Waals surface area (Å²) in [6.07, 6.45) is 2.08. The molecule has 1 aliphatic carbocycles. The largest absolute Gasteiger partial charge is 0.477 e. The maximum atomic E-state index is 12.5. The van der Waals surface area contributed by atoms with Gasteiger partial charge in [0.05, 0.1) is 12.7 Å². The molecule has 1 saturated carbocycles. The Kier molecular flexibility index (Phi) is 5.96. The molecule has 0 atom stereocenters. The average molecular weight is 396 g/mol. The fourth-order valence-electron chi connectivity index (χ4n) is 2.98.